The van der Waals surface area contributed by atoms with Crippen molar-refractivity contribution in [2.24, 2.45) is 11.3 Å². The van der Waals surface area contributed by atoms with E-state index in [1.54, 1.807) is 24.3 Å². The average Bonchev–Trinajstić information content (AvgIpc) is 2.44. The molecule has 1 saturated carbocycles. The summed E-state index contributed by atoms with van der Waals surface area (Å²) >= 11 is 0. The topological polar surface area (TPSA) is 68.5 Å². The minimum atomic E-state index is -0.580. The van der Waals surface area contributed by atoms with Gasteiger partial charge in [0.1, 0.15) is 11.7 Å². The van der Waals surface area contributed by atoms with Crippen molar-refractivity contribution in [3.63, 3.8) is 0 Å². The summed E-state index contributed by atoms with van der Waals surface area (Å²) in [6, 6.07) is 8.20. The summed E-state index contributed by atoms with van der Waals surface area (Å²) < 4.78 is 11.1. The van der Waals surface area contributed by atoms with Gasteiger partial charge in [0.25, 0.3) is 0 Å². The Morgan fingerprint density at radius 2 is 2.04 bits per heavy atom. The molecule has 128 valence electrons. The smallest absolute Gasteiger partial charge is 0.414 e. The highest BCUT2D eigenvalue weighted by atomic mass is 16.6. The van der Waals surface area contributed by atoms with Crippen LogP contribution >= 0.6 is 0 Å². The number of nitrogens with one attached hydrogen (secondary N) is 1. The Balaban J connectivity index is 1.70. The van der Waals surface area contributed by atoms with E-state index in [4.69, 9.17) is 9.15 Å². The minimum absolute atomic E-state index is 0.104. The maximum absolute atomic E-state index is 12.2. The normalized spacial score (nSPS) is 23.0. The number of para-hydroxylation sites is 1. The zero-order chi connectivity index (χ0) is 17.3. The van der Waals surface area contributed by atoms with E-state index in [9.17, 15) is 9.59 Å². The van der Waals surface area contributed by atoms with Crippen molar-refractivity contribution in [3.05, 3.63) is 40.6 Å². The Morgan fingerprint density at radius 3 is 2.79 bits per heavy atom. The van der Waals surface area contributed by atoms with Gasteiger partial charge < -0.3 is 9.15 Å². The van der Waals surface area contributed by atoms with Crippen LogP contribution in [0.3, 0.4) is 0 Å². The summed E-state index contributed by atoms with van der Waals surface area (Å²) in [6.45, 7) is 6.57. The number of carbonyl (C=O) groups excluding carboxylic acids is 1. The van der Waals surface area contributed by atoms with E-state index in [0.29, 0.717) is 16.9 Å². The number of benzene rings is 1. The summed E-state index contributed by atoms with van der Waals surface area (Å²) in [6.07, 6.45) is 2.14. The van der Waals surface area contributed by atoms with Crippen LogP contribution < -0.4 is 10.7 Å². The minimum Gasteiger partial charge on any atom is -0.446 e. The first-order valence-corrected chi connectivity index (χ1v) is 8.33. The zero-order valence-electron chi connectivity index (χ0n) is 14.3. The zero-order valence-corrected chi connectivity index (χ0v) is 14.3. The number of anilines is 1. The van der Waals surface area contributed by atoms with Crippen LogP contribution in [0.15, 0.2) is 39.5 Å². The van der Waals surface area contributed by atoms with Crippen LogP contribution in [0, 0.1) is 11.3 Å². The van der Waals surface area contributed by atoms with Gasteiger partial charge in [0, 0.05) is 6.07 Å². The highest BCUT2D eigenvalue weighted by Gasteiger charge is 2.34. The van der Waals surface area contributed by atoms with E-state index in [0.717, 1.165) is 19.3 Å². The van der Waals surface area contributed by atoms with Crippen molar-refractivity contribution in [1.82, 2.24) is 0 Å². The number of hydrogen-bond donors (Lipinski definition) is 1. The number of hydrogen-bond acceptors (Lipinski definition) is 4. The molecule has 2 unspecified atom stereocenters. The van der Waals surface area contributed by atoms with Crippen LogP contribution in [0.4, 0.5) is 10.7 Å². The van der Waals surface area contributed by atoms with Crippen molar-refractivity contribution >= 4 is 22.9 Å². The Bertz CT molecular complexity index is 808. The molecule has 2 atom stereocenters. The van der Waals surface area contributed by atoms with Crippen LogP contribution in [-0.2, 0) is 4.74 Å². The highest BCUT2D eigenvalue weighted by Crippen LogP contribution is 2.39. The van der Waals surface area contributed by atoms with Gasteiger partial charge in [-0.15, -0.1) is 0 Å². The van der Waals surface area contributed by atoms with Crippen molar-refractivity contribution in [3.8, 4) is 0 Å². The summed E-state index contributed by atoms with van der Waals surface area (Å²) in [5.41, 5.74) is 0.408. The lowest BCUT2D eigenvalue weighted by Gasteiger charge is -2.38. The lowest BCUT2D eigenvalue weighted by atomic mass is 9.71. The van der Waals surface area contributed by atoms with Crippen LogP contribution in [0.2, 0.25) is 0 Å². The second-order valence-electron chi connectivity index (χ2n) is 7.54. The standard InChI is InChI=1S/C19H23NO4/c1-12-8-13(11-19(2,3)10-12)23-18(22)20-17-9-15(21)14-6-4-5-7-16(14)24-17/h4-7,9,12-13H,8,10-11H2,1-3H3,(H,20,22). The molecular formula is C19H23NO4. The molecule has 1 aromatic heterocycles. The Morgan fingerprint density at radius 1 is 1.29 bits per heavy atom. The molecule has 0 aliphatic heterocycles. The van der Waals surface area contributed by atoms with E-state index in [1.165, 1.54) is 6.07 Å². The van der Waals surface area contributed by atoms with Crippen LogP contribution in [0.25, 0.3) is 11.0 Å². The molecule has 1 aliphatic rings. The van der Waals surface area contributed by atoms with Crippen molar-refractivity contribution in [2.75, 3.05) is 5.32 Å². The van der Waals surface area contributed by atoms with Gasteiger partial charge in [0.2, 0.25) is 5.88 Å². The molecule has 5 nitrogen and oxygen atoms in total. The SMILES string of the molecule is CC1CC(OC(=O)Nc2cc(=O)c3ccccc3o2)CC(C)(C)C1. The van der Waals surface area contributed by atoms with Gasteiger partial charge in [-0.2, -0.15) is 0 Å². The third kappa shape index (κ3) is 3.78. The second kappa shape index (κ2) is 6.30. The van der Waals surface area contributed by atoms with Gasteiger partial charge in [-0.05, 0) is 42.7 Å². The fourth-order valence-corrected chi connectivity index (χ4v) is 3.80. The average molecular weight is 329 g/mol. The van der Waals surface area contributed by atoms with Gasteiger partial charge in [-0.3, -0.25) is 10.1 Å². The Labute approximate surface area is 141 Å². The van der Waals surface area contributed by atoms with Gasteiger partial charge in [0.15, 0.2) is 5.43 Å². The Kier molecular flexibility index (Phi) is 4.35. The molecule has 3 rings (SSSR count). The van der Waals surface area contributed by atoms with E-state index in [1.807, 2.05) is 0 Å². The molecule has 0 bridgehead atoms. The molecule has 0 saturated heterocycles. The number of ether oxygens (including phenoxy) is 1. The Hall–Kier alpha value is -2.30. The molecule has 24 heavy (non-hydrogen) atoms. The summed E-state index contributed by atoms with van der Waals surface area (Å²) in [5, 5.41) is 3.02. The fourth-order valence-electron chi connectivity index (χ4n) is 3.80. The summed E-state index contributed by atoms with van der Waals surface area (Å²) in [5.74, 6) is 0.622. The predicted octanol–water partition coefficient (Wildman–Crippen LogP) is 4.56. The van der Waals surface area contributed by atoms with E-state index >= 15 is 0 Å². The lowest BCUT2D eigenvalue weighted by Crippen LogP contribution is -2.35. The monoisotopic (exact) mass is 329 g/mol. The molecule has 1 N–H and O–H groups in total. The van der Waals surface area contributed by atoms with Crippen LogP contribution in [-0.4, -0.2) is 12.2 Å². The van der Waals surface area contributed by atoms with Crippen molar-refractivity contribution in [1.29, 1.82) is 0 Å². The first-order chi connectivity index (χ1) is 11.3. The van der Waals surface area contributed by atoms with Crippen LogP contribution in [0.1, 0.15) is 40.0 Å². The number of amides is 1. The fraction of sp³-hybridized carbons (Fsp3) is 0.474. The predicted molar refractivity (Wildman–Crippen MR) is 93.2 cm³/mol. The van der Waals surface area contributed by atoms with Gasteiger partial charge >= 0.3 is 6.09 Å². The number of fused-ring (bicyclic) bond motifs is 1. The third-order valence-corrected chi connectivity index (χ3v) is 4.48. The molecule has 1 aliphatic carbocycles. The molecule has 1 amide bonds. The van der Waals surface area contributed by atoms with Crippen molar-refractivity contribution in [2.45, 2.75) is 46.1 Å². The largest absolute Gasteiger partial charge is 0.446 e. The number of carbonyl (C=O) groups is 1. The summed E-state index contributed by atoms with van der Waals surface area (Å²) in [4.78, 5) is 24.2. The third-order valence-electron chi connectivity index (χ3n) is 4.48. The second-order valence-corrected chi connectivity index (χ2v) is 7.54. The lowest BCUT2D eigenvalue weighted by molar-refractivity contribution is 0.0249. The van der Waals surface area contributed by atoms with E-state index in [2.05, 4.69) is 26.1 Å². The quantitative estimate of drug-likeness (QED) is 0.877. The summed E-state index contributed by atoms with van der Waals surface area (Å²) in [7, 11) is 0. The van der Waals surface area contributed by atoms with Crippen molar-refractivity contribution < 1.29 is 13.9 Å². The maximum atomic E-state index is 12.2. The molecule has 0 spiro atoms. The molecular weight excluding hydrogens is 306 g/mol. The first-order valence-electron chi connectivity index (χ1n) is 8.33. The molecule has 1 heterocycles. The molecule has 1 aromatic carbocycles. The van der Waals surface area contributed by atoms with Crippen LogP contribution in [0.5, 0.6) is 0 Å². The molecule has 1 fully saturated rings. The first kappa shape index (κ1) is 16.6. The number of rotatable bonds is 2. The van der Waals surface area contributed by atoms with Gasteiger partial charge in [0.05, 0.1) is 5.39 Å². The highest BCUT2D eigenvalue weighted by molar-refractivity contribution is 5.85. The van der Waals surface area contributed by atoms with Gasteiger partial charge in [-0.1, -0.05) is 32.9 Å². The van der Waals surface area contributed by atoms with Gasteiger partial charge in [-0.25, -0.2) is 4.79 Å². The maximum Gasteiger partial charge on any atom is 0.414 e. The molecule has 2 aromatic rings. The van der Waals surface area contributed by atoms with E-state index in [-0.39, 0.29) is 22.8 Å². The molecule has 5 heteroatoms. The van der Waals surface area contributed by atoms with E-state index < -0.39 is 6.09 Å². The molecule has 0 radical (unpaired) electrons.